The molecule has 0 aliphatic rings. The zero-order chi connectivity index (χ0) is 28.8. The van der Waals surface area contributed by atoms with E-state index in [0.29, 0.717) is 16.8 Å². The lowest BCUT2D eigenvalue weighted by Gasteiger charge is -2.07. The number of rotatable bonds is 6. The Morgan fingerprint density at radius 2 is 1.21 bits per heavy atom. The van der Waals surface area contributed by atoms with Crippen LogP contribution in [0.15, 0.2) is 109 Å². The van der Waals surface area contributed by atoms with Crippen LogP contribution in [-0.4, -0.2) is 38.6 Å². The lowest BCUT2D eigenvalue weighted by Crippen LogP contribution is -1.98. The van der Waals surface area contributed by atoms with Crippen molar-refractivity contribution in [3.05, 3.63) is 78.9 Å². The van der Waals surface area contributed by atoms with Crippen molar-refractivity contribution in [1.29, 1.82) is 0 Å². The highest BCUT2D eigenvalue weighted by molar-refractivity contribution is 7.86. The molecule has 17 heteroatoms. The maximum absolute atomic E-state index is 12.0. The minimum atomic E-state index is -4.71. The van der Waals surface area contributed by atoms with E-state index in [0.717, 1.165) is 6.07 Å². The van der Waals surface area contributed by atoms with E-state index in [1.807, 2.05) is 6.07 Å². The first-order valence-electron chi connectivity index (χ1n) is 10.3. The Hall–Kier alpha value is -4.42. The summed E-state index contributed by atoms with van der Waals surface area (Å²) in [4.78, 5) is -0.928. The minimum Gasteiger partial charge on any atom is -0.398 e. The van der Waals surface area contributed by atoms with Crippen molar-refractivity contribution >= 4 is 70.1 Å². The summed E-state index contributed by atoms with van der Waals surface area (Å²) in [5.41, 5.74) is 6.92. The minimum absolute atomic E-state index is 0.147. The first-order valence-corrected chi connectivity index (χ1v) is 14.2. The van der Waals surface area contributed by atoms with Crippen molar-refractivity contribution in [3.63, 3.8) is 0 Å². The van der Waals surface area contributed by atoms with Crippen LogP contribution < -0.4 is 5.73 Å². The number of nitrogens with two attached hydrogens (primary N) is 1. The molecule has 202 valence electrons. The highest BCUT2D eigenvalue weighted by Crippen LogP contribution is 2.35. The Labute approximate surface area is 223 Å². The van der Waals surface area contributed by atoms with Gasteiger partial charge in [0, 0.05) is 16.5 Å². The summed E-state index contributed by atoms with van der Waals surface area (Å²) in [5.74, 6) is 0. The summed E-state index contributed by atoms with van der Waals surface area (Å²) in [5, 5.41) is 16.6. The van der Waals surface area contributed by atoms with Crippen LogP contribution in [0.1, 0.15) is 0 Å². The Morgan fingerprint density at radius 3 is 1.82 bits per heavy atom. The van der Waals surface area contributed by atoms with Gasteiger partial charge in [0.2, 0.25) is 0 Å². The number of azo groups is 2. The van der Waals surface area contributed by atoms with Crippen molar-refractivity contribution in [1.82, 2.24) is 0 Å². The fourth-order valence-corrected chi connectivity index (χ4v) is 4.30. The van der Waals surface area contributed by atoms with Gasteiger partial charge in [-0.3, -0.25) is 9.11 Å². The van der Waals surface area contributed by atoms with E-state index < -0.39 is 35.7 Å². The van der Waals surface area contributed by atoms with Gasteiger partial charge in [-0.1, -0.05) is 24.3 Å². The second-order valence-electron chi connectivity index (χ2n) is 7.42. The lowest BCUT2D eigenvalue weighted by molar-refractivity contribution is 0.481. The van der Waals surface area contributed by atoms with Gasteiger partial charge in [0.25, 0.3) is 20.2 Å². The van der Waals surface area contributed by atoms with Crippen LogP contribution in [0.25, 0.3) is 10.8 Å². The van der Waals surface area contributed by atoms with Crippen LogP contribution in [0.4, 0.5) is 28.4 Å². The van der Waals surface area contributed by atoms with Gasteiger partial charge in [-0.05, 0) is 54.6 Å². The molecule has 14 nitrogen and oxygen atoms in total. The molecule has 0 heterocycles. The molecule has 0 bridgehead atoms. The second kappa shape index (κ2) is 12.0. The highest BCUT2D eigenvalue weighted by atomic mass is 32.2. The van der Waals surface area contributed by atoms with Crippen molar-refractivity contribution in [3.8, 4) is 0 Å². The molecule has 4 aromatic rings. The third-order valence-electron chi connectivity index (χ3n) is 4.82. The van der Waals surface area contributed by atoms with Crippen molar-refractivity contribution in [2.75, 3.05) is 5.73 Å². The van der Waals surface area contributed by atoms with E-state index in [1.54, 1.807) is 24.3 Å². The fraction of sp³-hybridized carbons (Fsp3) is 0. The summed E-state index contributed by atoms with van der Waals surface area (Å²) in [6.07, 6.45) is 0. The number of fused-ring (bicyclic) bond motifs is 1. The molecule has 39 heavy (non-hydrogen) atoms. The summed E-state index contributed by atoms with van der Waals surface area (Å²) in [6, 6.07) is 19.3. The van der Waals surface area contributed by atoms with Crippen LogP contribution in [0, 0.1) is 0 Å². The number of benzene rings is 4. The first kappa shape index (κ1) is 29.1. The van der Waals surface area contributed by atoms with E-state index in [1.165, 1.54) is 42.5 Å². The van der Waals surface area contributed by atoms with Crippen molar-refractivity contribution in [2.45, 2.75) is 9.79 Å². The molecule has 0 aliphatic carbocycles. The SMILES string of the molecule is Nc1ccc(N=Nc2ccc(N=Nc3ccccc3)cc2S(=O)(=O)O)c2cc(S(=O)(=O)O)ccc12.O=S(=O)=O. The third-order valence-corrected chi connectivity index (χ3v) is 6.55. The zero-order valence-corrected chi connectivity index (χ0v) is 21.8. The quantitative estimate of drug-likeness (QED) is 0.158. The molecule has 0 amide bonds. The molecular formula is C22H17N5O9S3. The van der Waals surface area contributed by atoms with E-state index >= 15 is 0 Å². The molecule has 4 rings (SSSR count). The number of nitrogen functional groups attached to an aromatic ring is 1. The molecule has 0 saturated heterocycles. The number of hydrogen-bond donors (Lipinski definition) is 3. The Kier molecular flexibility index (Phi) is 8.94. The fourth-order valence-electron chi connectivity index (χ4n) is 3.16. The molecule has 0 atom stereocenters. The van der Waals surface area contributed by atoms with Gasteiger partial charge in [-0.2, -0.15) is 27.1 Å². The van der Waals surface area contributed by atoms with E-state index in [9.17, 15) is 25.9 Å². The zero-order valence-electron chi connectivity index (χ0n) is 19.3. The van der Waals surface area contributed by atoms with Crippen LogP contribution in [0.2, 0.25) is 0 Å². The summed E-state index contributed by atoms with van der Waals surface area (Å²) < 4.78 is 91.4. The standard InChI is InChI=1S/C22H17N5O6S2.O3S/c23-19-9-11-20(18-13-16(34(28,29)30)7-8-17(18)19)26-27-21-10-6-15(12-22(21)35(31,32)33)25-24-14-4-2-1-3-5-14;1-4(2)3/h1-13H,23H2,(H,28,29,30)(H,31,32,33);. The maximum atomic E-state index is 12.0. The predicted octanol–water partition coefficient (Wildman–Crippen LogP) is 4.74. The molecule has 0 spiro atoms. The normalized spacial score (nSPS) is 11.9. The topological polar surface area (TPSA) is 235 Å². The molecule has 0 saturated carbocycles. The van der Waals surface area contributed by atoms with Gasteiger partial charge in [0.05, 0.1) is 22.0 Å². The van der Waals surface area contributed by atoms with Crippen molar-refractivity contribution < 1.29 is 38.6 Å². The molecule has 4 N–H and O–H groups in total. The van der Waals surface area contributed by atoms with E-state index in [4.69, 9.17) is 18.4 Å². The lowest BCUT2D eigenvalue weighted by atomic mass is 10.1. The molecule has 0 unspecified atom stereocenters. The summed E-state index contributed by atoms with van der Waals surface area (Å²) in [7, 11) is -12.3. The average molecular weight is 592 g/mol. The molecule has 0 aromatic heterocycles. The van der Waals surface area contributed by atoms with Crippen LogP contribution in [-0.2, 0) is 30.8 Å². The Bertz CT molecular complexity index is 1920. The second-order valence-corrected chi connectivity index (χ2v) is 10.6. The van der Waals surface area contributed by atoms with Gasteiger partial charge in [-0.25, -0.2) is 0 Å². The highest BCUT2D eigenvalue weighted by Gasteiger charge is 2.17. The Balaban J connectivity index is 0.000000983. The maximum Gasteiger partial charge on any atom is 0.425 e. The number of hydrogen-bond acceptors (Lipinski definition) is 12. The van der Waals surface area contributed by atoms with Gasteiger partial charge in [0.15, 0.2) is 0 Å². The smallest absolute Gasteiger partial charge is 0.398 e. The molecule has 0 aliphatic heterocycles. The predicted molar refractivity (Wildman–Crippen MR) is 139 cm³/mol. The Morgan fingerprint density at radius 1 is 0.615 bits per heavy atom. The average Bonchev–Trinajstić information content (AvgIpc) is 2.86. The molecular weight excluding hydrogens is 574 g/mol. The molecule has 0 fully saturated rings. The van der Waals surface area contributed by atoms with Crippen LogP contribution in [0.3, 0.4) is 0 Å². The van der Waals surface area contributed by atoms with E-state index in [2.05, 4.69) is 20.5 Å². The summed E-state index contributed by atoms with van der Waals surface area (Å²) in [6.45, 7) is 0. The van der Waals surface area contributed by atoms with Gasteiger partial charge in [-0.15, -0.1) is 22.9 Å². The van der Waals surface area contributed by atoms with Crippen LogP contribution >= 0.6 is 0 Å². The summed E-state index contributed by atoms with van der Waals surface area (Å²) >= 11 is 0. The molecule has 4 aromatic carbocycles. The van der Waals surface area contributed by atoms with Gasteiger partial charge < -0.3 is 5.73 Å². The van der Waals surface area contributed by atoms with Gasteiger partial charge in [0.1, 0.15) is 10.6 Å². The van der Waals surface area contributed by atoms with E-state index in [-0.39, 0.29) is 27.3 Å². The van der Waals surface area contributed by atoms with Crippen molar-refractivity contribution in [2.24, 2.45) is 20.5 Å². The monoisotopic (exact) mass is 591 g/mol. The number of anilines is 1. The first-order chi connectivity index (χ1) is 18.3. The molecule has 0 radical (unpaired) electrons. The third kappa shape index (κ3) is 8.03. The largest absolute Gasteiger partial charge is 0.425 e. The van der Waals surface area contributed by atoms with Gasteiger partial charge >= 0.3 is 10.6 Å². The van der Waals surface area contributed by atoms with Crippen LogP contribution in [0.5, 0.6) is 0 Å². The number of nitrogens with zero attached hydrogens (tertiary/aromatic N) is 4.